The second-order valence-electron chi connectivity index (χ2n) is 8.42. The second kappa shape index (κ2) is 13.2. The van der Waals surface area contributed by atoms with Crippen molar-refractivity contribution in [3.05, 3.63) is 66.0 Å². The van der Waals surface area contributed by atoms with E-state index < -0.39 is 34.5 Å². The van der Waals surface area contributed by atoms with Crippen molar-refractivity contribution in [2.24, 2.45) is 0 Å². The van der Waals surface area contributed by atoms with Gasteiger partial charge in [-0.25, -0.2) is 8.70 Å². The summed E-state index contributed by atoms with van der Waals surface area (Å²) in [5.74, 6) is -1.36. The number of unbranched alkanes of at least 4 members (excludes halogenated alkanes) is 1. The van der Waals surface area contributed by atoms with Gasteiger partial charge < -0.3 is 10.2 Å². The highest BCUT2D eigenvalue weighted by Gasteiger charge is 2.32. The molecule has 0 aromatic heterocycles. The van der Waals surface area contributed by atoms with E-state index in [1.54, 1.807) is 6.92 Å². The Bertz CT molecular complexity index is 1060. The van der Waals surface area contributed by atoms with E-state index in [1.165, 1.54) is 31.1 Å². The number of nitrogens with one attached hydrogen (secondary N) is 1. The largest absolute Gasteiger partial charge is 0.354 e. The number of halogens is 1. The quantitative estimate of drug-likeness (QED) is 0.423. The van der Waals surface area contributed by atoms with Crippen LogP contribution in [0.2, 0.25) is 0 Å². The first-order valence-electron chi connectivity index (χ1n) is 11.6. The van der Waals surface area contributed by atoms with Crippen LogP contribution in [0.25, 0.3) is 0 Å². The van der Waals surface area contributed by atoms with Crippen molar-refractivity contribution < 1.29 is 22.4 Å². The molecule has 0 aliphatic heterocycles. The third-order valence-electron chi connectivity index (χ3n) is 5.61. The van der Waals surface area contributed by atoms with Crippen LogP contribution in [0, 0.1) is 5.82 Å². The first-order chi connectivity index (χ1) is 16.6. The van der Waals surface area contributed by atoms with Crippen LogP contribution in [0.4, 0.5) is 10.1 Å². The van der Waals surface area contributed by atoms with Gasteiger partial charge in [0.2, 0.25) is 11.8 Å². The van der Waals surface area contributed by atoms with Gasteiger partial charge in [0.15, 0.2) is 0 Å². The van der Waals surface area contributed by atoms with Crippen LogP contribution in [0.5, 0.6) is 0 Å². The Labute approximate surface area is 207 Å². The Balaban J connectivity index is 2.33. The zero-order chi connectivity index (χ0) is 26.0. The number of anilines is 1. The molecule has 0 fully saturated rings. The number of benzene rings is 2. The van der Waals surface area contributed by atoms with Gasteiger partial charge in [-0.2, -0.15) is 12.7 Å². The predicted octanol–water partition coefficient (Wildman–Crippen LogP) is 2.81. The molecule has 0 unspecified atom stereocenters. The molecule has 0 spiro atoms. The molecule has 1 atom stereocenters. The van der Waals surface area contributed by atoms with Gasteiger partial charge in [0.1, 0.15) is 18.4 Å². The van der Waals surface area contributed by atoms with Crippen LogP contribution < -0.4 is 9.62 Å². The molecule has 2 aromatic carbocycles. The van der Waals surface area contributed by atoms with Gasteiger partial charge in [-0.05, 0) is 49.6 Å². The molecular formula is C25H35FN4O4S. The lowest BCUT2D eigenvalue weighted by Gasteiger charge is -2.32. The van der Waals surface area contributed by atoms with E-state index in [9.17, 15) is 22.4 Å². The number of carbonyl (C=O) groups excluding carboxylic acids is 2. The molecule has 0 saturated carbocycles. The maximum absolute atomic E-state index is 13.5. The minimum atomic E-state index is -4.07. The normalized spacial score (nSPS) is 12.3. The van der Waals surface area contributed by atoms with Gasteiger partial charge in [0, 0.05) is 27.2 Å². The summed E-state index contributed by atoms with van der Waals surface area (Å²) in [6, 6.07) is 13.6. The molecule has 192 valence electrons. The lowest BCUT2D eigenvalue weighted by atomic mass is 10.1. The zero-order valence-corrected chi connectivity index (χ0v) is 21.6. The molecule has 0 aliphatic carbocycles. The fraction of sp³-hybridized carbons (Fsp3) is 0.440. The molecule has 8 nitrogen and oxygen atoms in total. The van der Waals surface area contributed by atoms with Gasteiger partial charge >= 0.3 is 10.2 Å². The van der Waals surface area contributed by atoms with Crippen molar-refractivity contribution in [2.45, 2.75) is 39.2 Å². The number of amides is 2. The molecule has 1 N–H and O–H groups in total. The van der Waals surface area contributed by atoms with E-state index in [-0.39, 0.29) is 18.1 Å². The highest BCUT2D eigenvalue weighted by molar-refractivity contribution is 7.90. The van der Waals surface area contributed by atoms with Crippen molar-refractivity contribution in [3.63, 3.8) is 0 Å². The third kappa shape index (κ3) is 8.03. The average molecular weight is 507 g/mol. The van der Waals surface area contributed by atoms with Crippen LogP contribution >= 0.6 is 0 Å². The first kappa shape index (κ1) is 28.3. The van der Waals surface area contributed by atoms with Crippen molar-refractivity contribution in [2.75, 3.05) is 38.0 Å². The molecule has 0 bridgehead atoms. The van der Waals surface area contributed by atoms with Gasteiger partial charge in [-0.1, -0.05) is 43.7 Å². The van der Waals surface area contributed by atoms with Crippen molar-refractivity contribution in [1.29, 1.82) is 0 Å². The average Bonchev–Trinajstić information content (AvgIpc) is 2.83. The topological polar surface area (TPSA) is 90.0 Å². The number of rotatable bonds is 13. The number of hydrogen-bond donors (Lipinski definition) is 1. The van der Waals surface area contributed by atoms with E-state index in [4.69, 9.17) is 0 Å². The Morgan fingerprint density at radius 3 is 2.23 bits per heavy atom. The Morgan fingerprint density at radius 2 is 1.66 bits per heavy atom. The minimum absolute atomic E-state index is 0.150. The number of nitrogens with zero attached hydrogens (tertiary/aromatic N) is 3. The second-order valence-corrected chi connectivity index (χ2v) is 10.5. The first-order valence-corrected chi connectivity index (χ1v) is 13.0. The lowest BCUT2D eigenvalue weighted by Crippen LogP contribution is -2.53. The van der Waals surface area contributed by atoms with Crippen molar-refractivity contribution >= 4 is 27.7 Å². The number of carbonyl (C=O) groups is 2. The van der Waals surface area contributed by atoms with E-state index in [1.807, 2.05) is 37.3 Å². The summed E-state index contributed by atoms with van der Waals surface area (Å²) in [5, 5.41) is 2.84. The lowest BCUT2D eigenvalue weighted by molar-refractivity contribution is -0.138. The molecule has 0 heterocycles. The van der Waals surface area contributed by atoms with Crippen molar-refractivity contribution in [1.82, 2.24) is 14.5 Å². The van der Waals surface area contributed by atoms with Gasteiger partial charge in [0.25, 0.3) is 0 Å². The Kier molecular flexibility index (Phi) is 10.7. The predicted molar refractivity (Wildman–Crippen MR) is 136 cm³/mol. The monoisotopic (exact) mass is 506 g/mol. The SMILES string of the molecule is CCCCNC(=O)[C@H](C)N(CCc1ccccc1)C(=O)CN(c1ccc(F)cc1)S(=O)(=O)N(C)C. The fourth-order valence-electron chi connectivity index (χ4n) is 3.43. The molecule has 35 heavy (non-hydrogen) atoms. The minimum Gasteiger partial charge on any atom is -0.354 e. The van der Waals surface area contributed by atoms with E-state index in [0.29, 0.717) is 13.0 Å². The third-order valence-corrected chi connectivity index (χ3v) is 7.43. The smallest absolute Gasteiger partial charge is 0.304 e. The molecule has 0 saturated heterocycles. The number of hydrogen-bond acceptors (Lipinski definition) is 4. The zero-order valence-electron chi connectivity index (χ0n) is 20.8. The van der Waals surface area contributed by atoms with Crippen LogP contribution in [0.15, 0.2) is 54.6 Å². The van der Waals surface area contributed by atoms with Crippen LogP contribution in [0.1, 0.15) is 32.3 Å². The fourth-order valence-corrected chi connectivity index (χ4v) is 4.49. The van der Waals surface area contributed by atoms with Crippen LogP contribution in [-0.4, -0.2) is 69.2 Å². The van der Waals surface area contributed by atoms with E-state index in [0.717, 1.165) is 39.1 Å². The van der Waals surface area contributed by atoms with Gasteiger partial charge in [0.05, 0.1) is 5.69 Å². The van der Waals surface area contributed by atoms with E-state index >= 15 is 0 Å². The summed E-state index contributed by atoms with van der Waals surface area (Å²) in [6.45, 7) is 3.84. The summed E-state index contributed by atoms with van der Waals surface area (Å²) in [6.07, 6.45) is 2.23. The molecule has 0 radical (unpaired) electrons. The molecular weight excluding hydrogens is 471 g/mol. The molecule has 2 aromatic rings. The highest BCUT2D eigenvalue weighted by atomic mass is 32.2. The summed E-state index contributed by atoms with van der Waals surface area (Å²) in [5.41, 5.74) is 1.14. The highest BCUT2D eigenvalue weighted by Crippen LogP contribution is 2.21. The summed E-state index contributed by atoms with van der Waals surface area (Å²) in [4.78, 5) is 27.7. The maximum Gasteiger partial charge on any atom is 0.304 e. The maximum atomic E-state index is 13.5. The molecule has 0 aliphatic rings. The standard InChI is InChI=1S/C25H35FN4O4S/c1-5-6-17-27-25(32)20(2)29(18-16-21-10-8-7-9-11-21)24(31)19-30(35(33,34)28(3)4)23-14-12-22(26)13-15-23/h7-15,20H,5-6,16-19H2,1-4H3,(H,27,32)/t20-/m0/s1. The van der Waals surface area contributed by atoms with Crippen LogP contribution in [0.3, 0.4) is 0 Å². The molecule has 10 heteroatoms. The van der Waals surface area contributed by atoms with Gasteiger partial charge in [-0.15, -0.1) is 0 Å². The van der Waals surface area contributed by atoms with Gasteiger partial charge in [-0.3, -0.25) is 9.59 Å². The molecule has 2 rings (SSSR count). The Hall–Kier alpha value is -2.98. The summed E-state index contributed by atoms with van der Waals surface area (Å²) >= 11 is 0. The Morgan fingerprint density at radius 1 is 1.03 bits per heavy atom. The van der Waals surface area contributed by atoms with Crippen LogP contribution in [-0.2, 0) is 26.2 Å². The molecule has 2 amide bonds. The van der Waals surface area contributed by atoms with E-state index in [2.05, 4.69) is 5.32 Å². The summed E-state index contributed by atoms with van der Waals surface area (Å²) < 4.78 is 41.5. The summed E-state index contributed by atoms with van der Waals surface area (Å²) in [7, 11) is -1.36. The van der Waals surface area contributed by atoms with Crippen molar-refractivity contribution in [3.8, 4) is 0 Å².